The fourth-order valence-electron chi connectivity index (χ4n) is 2.63. The third-order valence-electron chi connectivity index (χ3n) is 4.22. The Morgan fingerprint density at radius 2 is 2.00 bits per heavy atom. The van der Waals surface area contributed by atoms with Gasteiger partial charge in [0.15, 0.2) is 5.17 Å². The highest BCUT2D eigenvalue weighted by Crippen LogP contribution is 2.42. The Morgan fingerprint density at radius 3 is 2.52 bits per heavy atom. The maximum Gasteiger partial charge on any atom is 0.394 e. The molecule has 3 heterocycles. The molecule has 0 spiro atoms. The number of rotatable bonds is 1. The quantitative estimate of drug-likeness (QED) is 0.746. The first-order valence-corrected chi connectivity index (χ1v) is 7.74. The molecule has 0 bridgehead atoms. The SMILES string of the molecule is C[C@@H]([C@H]1O[C@@H]2SC(N3CCC3)=N[C@@H]2[C@@H](O)[C@@H]1O)C(F)(F)F. The Labute approximate surface area is 124 Å². The molecular formula is C12H17F3N2O3S. The summed E-state index contributed by atoms with van der Waals surface area (Å²) in [6.45, 7) is 2.66. The number of aliphatic hydroxyl groups excluding tert-OH is 2. The molecule has 0 radical (unpaired) electrons. The summed E-state index contributed by atoms with van der Waals surface area (Å²) in [7, 11) is 0. The minimum absolute atomic E-state index is 0.672. The number of hydrogen-bond acceptors (Lipinski definition) is 6. The van der Waals surface area contributed by atoms with Crippen LogP contribution in [0.4, 0.5) is 13.2 Å². The van der Waals surface area contributed by atoms with E-state index in [2.05, 4.69) is 4.99 Å². The number of aliphatic hydroxyl groups is 2. The predicted molar refractivity (Wildman–Crippen MR) is 70.9 cm³/mol. The molecular weight excluding hydrogens is 309 g/mol. The number of ether oxygens (including phenoxy) is 1. The van der Waals surface area contributed by atoms with E-state index >= 15 is 0 Å². The molecule has 21 heavy (non-hydrogen) atoms. The van der Waals surface area contributed by atoms with Gasteiger partial charge in [-0.3, -0.25) is 4.99 Å². The van der Waals surface area contributed by atoms with Crippen molar-refractivity contribution in [2.24, 2.45) is 10.9 Å². The monoisotopic (exact) mass is 326 g/mol. The predicted octanol–water partition coefficient (Wildman–Crippen LogP) is 0.809. The topological polar surface area (TPSA) is 65.3 Å². The number of halogens is 3. The molecule has 2 fully saturated rings. The molecule has 0 aromatic rings. The van der Waals surface area contributed by atoms with Crippen LogP contribution in [0.1, 0.15) is 13.3 Å². The van der Waals surface area contributed by atoms with Gasteiger partial charge < -0.3 is 19.8 Å². The summed E-state index contributed by atoms with van der Waals surface area (Å²) in [5, 5.41) is 20.7. The molecule has 120 valence electrons. The molecule has 0 saturated carbocycles. The Bertz CT molecular complexity index is 444. The molecule has 0 aromatic heterocycles. The number of alkyl halides is 3. The van der Waals surface area contributed by atoms with E-state index < -0.39 is 41.9 Å². The van der Waals surface area contributed by atoms with Crippen LogP contribution in [0, 0.1) is 5.92 Å². The lowest BCUT2D eigenvalue weighted by molar-refractivity contribution is -0.244. The summed E-state index contributed by atoms with van der Waals surface area (Å²) in [5.74, 6) is -1.85. The minimum atomic E-state index is -4.48. The van der Waals surface area contributed by atoms with Gasteiger partial charge in [0.2, 0.25) is 0 Å². The molecule has 0 aliphatic carbocycles. The van der Waals surface area contributed by atoms with Crippen molar-refractivity contribution >= 4 is 16.9 Å². The van der Waals surface area contributed by atoms with E-state index in [1.54, 1.807) is 0 Å². The van der Waals surface area contributed by atoms with Gasteiger partial charge in [0.05, 0.1) is 12.0 Å². The fraction of sp³-hybridized carbons (Fsp3) is 0.917. The molecule has 9 heteroatoms. The highest BCUT2D eigenvalue weighted by atomic mass is 32.2. The molecule has 2 saturated heterocycles. The van der Waals surface area contributed by atoms with Crippen molar-refractivity contribution in [1.82, 2.24) is 4.90 Å². The van der Waals surface area contributed by atoms with E-state index in [1.807, 2.05) is 4.90 Å². The van der Waals surface area contributed by atoms with Crippen LogP contribution in [-0.2, 0) is 4.74 Å². The van der Waals surface area contributed by atoms with Gasteiger partial charge in [0.1, 0.15) is 23.7 Å². The van der Waals surface area contributed by atoms with Crippen LogP contribution in [0.2, 0.25) is 0 Å². The Balaban J connectivity index is 1.74. The van der Waals surface area contributed by atoms with Crippen molar-refractivity contribution in [2.75, 3.05) is 13.1 Å². The Kier molecular flexibility index (Phi) is 3.88. The maximum atomic E-state index is 12.8. The third-order valence-corrected chi connectivity index (χ3v) is 5.42. The van der Waals surface area contributed by atoms with E-state index in [-0.39, 0.29) is 0 Å². The fourth-order valence-corrected chi connectivity index (χ4v) is 3.90. The second kappa shape index (κ2) is 5.29. The number of fused-ring (bicyclic) bond motifs is 1. The third kappa shape index (κ3) is 2.64. The number of amidine groups is 1. The van der Waals surface area contributed by atoms with Gasteiger partial charge in [-0.2, -0.15) is 13.2 Å². The molecule has 3 aliphatic heterocycles. The zero-order valence-corrected chi connectivity index (χ0v) is 12.1. The summed E-state index contributed by atoms with van der Waals surface area (Å²) in [4.78, 5) is 6.30. The molecule has 0 unspecified atom stereocenters. The van der Waals surface area contributed by atoms with E-state index in [9.17, 15) is 23.4 Å². The van der Waals surface area contributed by atoms with E-state index in [4.69, 9.17) is 4.74 Å². The first kappa shape index (κ1) is 15.4. The highest BCUT2D eigenvalue weighted by Gasteiger charge is 2.55. The van der Waals surface area contributed by atoms with Gasteiger partial charge in [-0.15, -0.1) is 0 Å². The normalized spacial score (nSPS) is 41.3. The largest absolute Gasteiger partial charge is 0.394 e. The first-order valence-electron chi connectivity index (χ1n) is 6.87. The van der Waals surface area contributed by atoms with Crippen molar-refractivity contribution in [3.63, 3.8) is 0 Å². The smallest absolute Gasteiger partial charge is 0.388 e. The lowest BCUT2D eigenvalue weighted by Gasteiger charge is -2.41. The summed E-state index contributed by atoms with van der Waals surface area (Å²) in [6.07, 6.45) is -7.84. The lowest BCUT2D eigenvalue weighted by atomic mass is 9.90. The zero-order valence-electron chi connectivity index (χ0n) is 11.3. The average molecular weight is 326 g/mol. The van der Waals surface area contributed by atoms with Crippen LogP contribution >= 0.6 is 11.8 Å². The molecule has 5 nitrogen and oxygen atoms in total. The van der Waals surface area contributed by atoms with Crippen LogP contribution in [0.3, 0.4) is 0 Å². The van der Waals surface area contributed by atoms with Crippen molar-refractivity contribution in [3.05, 3.63) is 0 Å². The molecule has 0 amide bonds. The van der Waals surface area contributed by atoms with Crippen molar-refractivity contribution < 1.29 is 28.1 Å². The standard InChI is InChI=1S/C12H17F3N2O3S/c1-5(12(13,14)15)9-8(19)7(18)6-10(20-9)21-11(16-6)17-3-2-4-17/h5-10,18-19H,2-4H2,1H3/t5-,6+,7+,8-,9+,10+/m0/s1. The number of aliphatic imine (C=N–C) groups is 1. The van der Waals surface area contributed by atoms with Gasteiger partial charge in [-0.1, -0.05) is 18.7 Å². The Hall–Kier alpha value is -0.510. The van der Waals surface area contributed by atoms with Crippen molar-refractivity contribution in [2.45, 2.75) is 49.3 Å². The minimum Gasteiger partial charge on any atom is -0.388 e. The van der Waals surface area contributed by atoms with E-state index in [0.717, 1.165) is 26.4 Å². The molecule has 6 atom stereocenters. The molecule has 3 aliphatic rings. The van der Waals surface area contributed by atoms with Gasteiger partial charge in [-0.25, -0.2) is 0 Å². The highest BCUT2D eigenvalue weighted by molar-refractivity contribution is 8.14. The number of hydrogen-bond donors (Lipinski definition) is 2. The van der Waals surface area contributed by atoms with Crippen LogP contribution < -0.4 is 0 Å². The summed E-state index contributed by atoms with van der Waals surface area (Å²) >= 11 is 1.23. The molecule has 0 aromatic carbocycles. The second-order valence-corrected chi connectivity index (χ2v) is 6.71. The number of thioether (sulfide) groups is 1. The van der Waals surface area contributed by atoms with Crippen molar-refractivity contribution in [1.29, 1.82) is 0 Å². The van der Waals surface area contributed by atoms with Gasteiger partial charge in [0, 0.05) is 13.1 Å². The van der Waals surface area contributed by atoms with Crippen molar-refractivity contribution in [3.8, 4) is 0 Å². The first-order chi connectivity index (χ1) is 9.79. The zero-order chi connectivity index (χ0) is 15.4. The Morgan fingerprint density at radius 1 is 1.33 bits per heavy atom. The van der Waals surface area contributed by atoms with Crippen LogP contribution in [-0.4, -0.2) is 69.3 Å². The lowest BCUT2D eigenvalue weighted by Crippen LogP contribution is -2.58. The number of likely N-dealkylation sites (tertiary alicyclic amines) is 1. The summed E-state index contributed by atoms with van der Waals surface area (Å²) in [5.41, 5.74) is -0.672. The maximum absolute atomic E-state index is 12.8. The van der Waals surface area contributed by atoms with Gasteiger partial charge in [0.25, 0.3) is 0 Å². The average Bonchev–Trinajstić information content (AvgIpc) is 2.73. The van der Waals surface area contributed by atoms with Crippen LogP contribution in [0.15, 0.2) is 4.99 Å². The number of nitrogens with zero attached hydrogens (tertiary/aromatic N) is 2. The van der Waals surface area contributed by atoms with Crippen LogP contribution in [0.5, 0.6) is 0 Å². The summed E-state index contributed by atoms with van der Waals surface area (Å²) < 4.78 is 43.9. The van der Waals surface area contributed by atoms with Crippen LogP contribution in [0.25, 0.3) is 0 Å². The molecule has 3 rings (SSSR count). The molecule has 2 N–H and O–H groups in total. The van der Waals surface area contributed by atoms with E-state index in [0.29, 0.717) is 5.17 Å². The second-order valence-electron chi connectivity index (χ2n) is 5.64. The van der Waals surface area contributed by atoms with Gasteiger partial charge in [-0.05, 0) is 6.42 Å². The van der Waals surface area contributed by atoms with Gasteiger partial charge >= 0.3 is 6.18 Å². The van der Waals surface area contributed by atoms with E-state index in [1.165, 1.54) is 11.8 Å². The summed E-state index contributed by atoms with van der Waals surface area (Å²) in [6, 6.07) is -0.711.